The summed E-state index contributed by atoms with van der Waals surface area (Å²) in [6.07, 6.45) is 0. The van der Waals surface area contributed by atoms with E-state index < -0.39 is 17.8 Å². The van der Waals surface area contributed by atoms with Crippen molar-refractivity contribution in [2.24, 2.45) is 0 Å². The van der Waals surface area contributed by atoms with Gasteiger partial charge in [-0.1, -0.05) is 35.3 Å². The maximum atomic E-state index is 13.0. The van der Waals surface area contributed by atoms with Gasteiger partial charge in [-0.3, -0.25) is 9.59 Å². The lowest BCUT2D eigenvalue weighted by atomic mass is 10.2. The first-order valence-corrected chi connectivity index (χ1v) is 10.8. The molecule has 0 saturated heterocycles. The van der Waals surface area contributed by atoms with Gasteiger partial charge in [0.05, 0.1) is 18.4 Å². The second-order valence-corrected chi connectivity index (χ2v) is 8.12. The van der Waals surface area contributed by atoms with Crippen LogP contribution in [0.2, 0.25) is 5.02 Å². The maximum Gasteiger partial charge on any atom is 0.343 e. The lowest BCUT2D eigenvalue weighted by molar-refractivity contribution is -0.120. The summed E-state index contributed by atoms with van der Waals surface area (Å²) >= 11 is 12.2. The van der Waals surface area contributed by atoms with Crippen molar-refractivity contribution in [3.8, 4) is 11.5 Å². The Morgan fingerprint density at radius 2 is 1.59 bits per heavy atom. The molecule has 34 heavy (non-hydrogen) atoms. The molecule has 7 nitrogen and oxygen atoms in total. The molecule has 0 fully saturated rings. The van der Waals surface area contributed by atoms with Gasteiger partial charge >= 0.3 is 5.97 Å². The van der Waals surface area contributed by atoms with E-state index in [4.69, 9.17) is 32.7 Å². The summed E-state index contributed by atoms with van der Waals surface area (Å²) < 4.78 is 10.6. The third kappa shape index (κ3) is 4.48. The number of imide groups is 1. The van der Waals surface area contributed by atoms with Crippen LogP contribution in [0.3, 0.4) is 0 Å². The van der Waals surface area contributed by atoms with E-state index in [1.807, 2.05) is 0 Å². The number of nitrogens with zero attached hydrogens (tertiary/aromatic N) is 1. The van der Waals surface area contributed by atoms with E-state index in [1.54, 1.807) is 61.5 Å². The van der Waals surface area contributed by atoms with Crippen LogP contribution in [0.1, 0.15) is 15.9 Å². The Morgan fingerprint density at radius 1 is 0.912 bits per heavy atom. The van der Waals surface area contributed by atoms with Gasteiger partial charge in [-0.25, -0.2) is 9.69 Å². The summed E-state index contributed by atoms with van der Waals surface area (Å²) in [4.78, 5) is 39.2. The first kappa shape index (κ1) is 23.4. The minimum Gasteiger partial charge on any atom is -0.493 e. The molecule has 1 aliphatic heterocycles. The number of carbonyl (C=O) groups excluding carboxylic acids is 3. The Labute approximate surface area is 205 Å². The van der Waals surface area contributed by atoms with Gasteiger partial charge in [0.1, 0.15) is 10.7 Å². The molecular formula is C25H18Cl2N2O5. The number of carbonyl (C=O) groups is 3. The second-order valence-electron chi connectivity index (χ2n) is 7.31. The average molecular weight is 497 g/mol. The molecule has 0 aliphatic carbocycles. The second kappa shape index (κ2) is 9.59. The molecule has 0 radical (unpaired) electrons. The van der Waals surface area contributed by atoms with E-state index in [9.17, 15) is 14.4 Å². The summed E-state index contributed by atoms with van der Waals surface area (Å²) in [5.41, 5.74) is 1.72. The van der Waals surface area contributed by atoms with Gasteiger partial charge in [0, 0.05) is 10.7 Å². The topological polar surface area (TPSA) is 84.9 Å². The Morgan fingerprint density at radius 3 is 2.24 bits per heavy atom. The molecule has 0 spiro atoms. The molecule has 0 saturated carbocycles. The average Bonchev–Trinajstić information content (AvgIpc) is 3.03. The number of rotatable bonds is 6. The molecule has 1 N–H and O–H groups in total. The fraction of sp³-hybridized carbons (Fsp3) is 0.0800. The monoisotopic (exact) mass is 496 g/mol. The van der Waals surface area contributed by atoms with E-state index >= 15 is 0 Å². The van der Waals surface area contributed by atoms with Crippen molar-refractivity contribution in [2.45, 2.75) is 6.92 Å². The van der Waals surface area contributed by atoms with Crippen LogP contribution >= 0.6 is 23.2 Å². The van der Waals surface area contributed by atoms with Gasteiger partial charge in [0.2, 0.25) is 0 Å². The molecule has 3 aromatic rings. The summed E-state index contributed by atoms with van der Waals surface area (Å²) in [7, 11) is 1.48. The van der Waals surface area contributed by atoms with Gasteiger partial charge in [0.25, 0.3) is 11.8 Å². The lowest BCUT2D eigenvalue weighted by Gasteiger charge is -2.17. The zero-order chi connectivity index (χ0) is 24.4. The molecule has 0 aromatic heterocycles. The molecule has 1 heterocycles. The third-order valence-corrected chi connectivity index (χ3v) is 5.67. The SMILES string of the molecule is COc1ccccc1OC(=O)c1ccc(NC2=C(Cl)C(=O)N(c3ccc(Cl)cc3C)C2=O)cc1. The number of aryl methyl sites for hydroxylation is 1. The predicted octanol–water partition coefficient (Wildman–Crippen LogP) is 5.31. The zero-order valence-electron chi connectivity index (χ0n) is 18.1. The Balaban J connectivity index is 1.50. The molecule has 2 amide bonds. The number of nitrogens with one attached hydrogen (secondary N) is 1. The van der Waals surface area contributed by atoms with Gasteiger partial charge in [-0.15, -0.1) is 0 Å². The number of amides is 2. The van der Waals surface area contributed by atoms with E-state index in [1.165, 1.54) is 19.2 Å². The molecular weight excluding hydrogens is 479 g/mol. The summed E-state index contributed by atoms with van der Waals surface area (Å²) in [6.45, 7) is 1.74. The van der Waals surface area contributed by atoms with Crippen molar-refractivity contribution in [2.75, 3.05) is 17.3 Å². The highest BCUT2D eigenvalue weighted by atomic mass is 35.5. The fourth-order valence-corrected chi connectivity index (χ4v) is 3.84. The minimum absolute atomic E-state index is 0.0645. The first-order chi connectivity index (χ1) is 16.3. The smallest absolute Gasteiger partial charge is 0.343 e. The molecule has 0 atom stereocenters. The van der Waals surface area contributed by atoms with Crippen LogP contribution in [-0.2, 0) is 9.59 Å². The molecule has 0 unspecified atom stereocenters. The number of ether oxygens (including phenoxy) is 2. The number of methoxy groups -OCH3 is 1. The van der Waals surface area contributed by atoms with Crippen molar-refractivity contribution in [3.63, 3.8) is 0 Å². The number of halogens is 2. The summed E-state index contributed by atoms with van der Waals surface area (Å²) in [5.74, 6) is -1.09. The quantitative estimate of drug-likeness (QED) is 0.282. The molecule has 172 valence electrons. The van der Waals surface area contributed by atoms with Gasteiger partial charge in [0.15, 0.2) is 11.5 Å². The molecule has 9 heteroatoms. The summed E-state index contributed by atoms with van der Waals surface area (Å²) in [5, 5.41) is 3.12. The number of para-hydroxylation sites is 2. The third-order valence-electron chi connectivity index (χ3n) is 5.09. The highest BCUT2D eigenvalue weighted by Gasteiger charge is 2.39. The Kier molecular flexibility index (Phi) is 6.58. The normalized spacial score (nSPS) is 13.4. The van der Waals surface area contributed by atoms with E-state index in [0.717, 1.165) is 4.90 Å². The van der Waals surface area contributed by atoms with Gasteiger partial charge < -0.3 is 14.8 Å². The van der Waals surface area contributed by atoms with E-state index in [2.05, 4.69) is 5.32 Å². The van der Waals surface area contributed by atoms with Crippen LogP contribution in [0.15, 0.2) is 77.5 Å². The predicted molar refractivity (Wildman–Crippen MR) is 130 cm³/mol. The standard InChI is InChI=1S/C25H18Cl2N2O5/c1-14-13-16(26)9-12-18(14)29-23(30)21(27)22(24(29)31)28-17-10-7-15(8-11-17)25(32)34-20-6-4-3-5-19(20)33-2/h3-13,28H,1-2H3. The molecule has 3 aromatic carbocycles. The molecule has 0 bridgehead atoms. The van der Waals surface area contributed by atoms with Crippen LogP contribution in [0.25, 0.3) is 0 Å². The number of hydrogen-bond donors (Lipinski definition) is 1. The van der Waals surface area contributed by atoms with Crippen molar-refractivity contribution < 1.29 is 23.9 Å². The fourth-order valence-electron chi connectivity index (χ4n) is 3.40. The number of benzene rings is 3. The minimum atomic E-state index is -0.642. The largest absolute Gasteiger partial charge is 0.493 e. The summed E-state index contributed by atoms with van der Waals surface area (Å²) in [6, 6.07) is 17.8. The van der Waals surface area contributed by atoms with Gasteiger partial charge in [-0.05, 0) is 67.1 Å². The molecule has 4 rings (SSSR count). The highest BCUT2D eigenvalue weighted by molar-refractivity contribution is 6.53. The first-order valence-electron chi connectivity index (χ1n) is 10.1. The van der Waals surface area contributed by atoms with Crippen molar-refractivity contribution in [1.82, 2.24) is 0 Å². The number of anilines is 2. The van der Waals surface area contributed by atoms with Crippen LogP contribution in [0, 0.1) is 6.92 Å². The van der Waals surface area contributed by atoms with Crippen LogP contribution in [-0.4, -0.2) is 24.9 Å². The number of esters is 1. The van der Waals surface area contributed by atoms with E-state index in [-0.39, 0.29) is 16.3 Å². The van der Waals surface area contributed by atoms with Crippen molar-refractivity contribution in [1.29, 1.82) is 0 Å². The lowest BCUT2D eigenvalue weighted by Crippen LogP contribution is -2.32. The van der Waals surface area contributed by atoms with Crippen LogP contribution in [0.4, 0.5) is 11.4 Å². The van der Waals surface area contributed by atoms with Gasteiger partial charge in [-0.2, -0.15) is 0 Å². The Bertz CT molecular complexity index is 1340. The Hall–Kier alpha value is -3.81. The van der Waals surface area contributed by atoms with Crippen LogP contribution in [0.5, 0.6) is 11.5 Å². The van der Waals surface area contributed by atoms with E-state index in [0.29, 0.717) is 33.5 Å². The van der Waals surface area contributed by atoms with Crippen LogP contribution < -0.4 is 19.7 Å². The van der Waals surface area contributed by atoms with Crippen molar-refractivity contribution >= 4 is 52.4 Å². The molecule has 1 aliphatic rings. The van der Waals surface area contributed by atoms with Crippen molar-refractivity contribution in [3.05, 3.63) is 93.6 Å². The maximum absolute atomic E-state index is 13.0. The number of hydrogen-bond acceptors (Lipinski definition) is 6. The zero-order valence-corrected chi connectivity index (χ0v) is 19.6. The highest BCUT2D eigenvalue weighted by Crippen LogP contribution is 2.33.